The normalized spacial score (nSPS) is 18.3. The fourth-order valence-corrected chi connectivity index (χ4v) is 7.63. The summed E-state index contributed by atoms with van der Waals surface area (Å²) in [6.07, 6.45) is 5.36. The van der Waals surface area contributed by atoms with Crippen molar-refractivity contribution in [1.29, 1.82) is 0 Å². The van der Waals surface area contributed by atoms with Gasteiger partial charge in [-0.25, -0.2) is 13.4 Å². The van der Waals surface area contributed by atoms with Crippen LogP contribution in [-0.4, -0.2) is 92.9 Å². The Balaban J connectivity index is 1.14. The van der Waals surface area contributed by atoms with Crippen molar-refractivity contribution < 1.29 is 13.2 Å². The summed E-state index contributed by atoms with van der Waals surface area (Å²) in [4.78, 5) is 16.6. The molecule has 2 saturated heterocycles. The molecule has 1 aliphatic carbocycles. The van der Waals surface area contributed by atoms with E-state index in [4.69, 9.17) is 4.74 Å². The summed E-state index contributed by atoms with van der Waals surface area (Å²) in [7, 11) is 2.60. The van der Waals surface area contributed by atoms with Crippen LogP contribution in [0, 0.1) is 6.92 Å². The highest BCUT2D eigenvalue weighted by atomic mass is 79.9. The quantitative estimate of drug-likeness (QED) is 0.250. The molecule has 0 radical (unpaired) electrons. The number of ether oxygens (including phenoxy) is 1. The van der Waals surface area contributed by atoms with E-state index in [-0.39, 0.29) is 5.25 Å². The lowest BCUT2D eigenvalue weighted by Gasteiger charge is -2.49. The zero-order chi connectivity index (χ0) is 31.0. The molecule has 6 rings (SSSR count). The van der Waals surface area contributed by atoms with Gasteiger partial charge >= 0.3 is 0 Å². The molecule has 0 bridgehead atoms. The van der Waals surface area contributed by atoms with Crippen LogP contribution in [0.5, 0.6) is 5.75 Å². The van der Waals surface area contributed by atoms with Crippen LogP contribution >= 0.6 is 15.9 Å². The molecular formula is C31H41BrN8O3S. The van der Waals surface area contributed by atoms with Crippen molar-refractivity contribution in [2.45, 2.75) is 49.9 Å². The minimum atomic E-state index is -3.42. The van der Waals surface area contributed by atoms with E-state index in [0.717, 1.165) is 37.2 Å². The Bertz CT molecular complexity index is 1600. The van der Waals surface area contributed by atoms with E-state index in [2.05, 4.69) is 89.1 Å². The summed E-state index contributed by atoms with van der Waals surface area (Å²) in [5.74, 6) is 1.59. The highest BCUT2D eigenvalue weighted by Gasteiger charge is 2.36. The number of methoxy groups -OCH3 is 1. The Labute approximate surface area is 268 Å². The molecule has 3 aliphatic rings. The number of nitrogens with one attached hydrogen (secondary N) is 3. The lowest BCUT2D eigenvalue weighted by atomic mass is 9.96. The molecule has 0 amide bonds. The molecule has 2 aliphatic heterocycles. The minimum Gasteiger partial charge on any atom is -0.494 e. The van der Waals surface area contributed by atoms with Gasteiger partial charge in [0.15, 0.2) is 0 Å². The van der Waals surface area contributed by atoms with Crippen molar-refractivity contribution in [3.05, 3.63) is 52.6 Å². The summed E-state index contributed by atoms with van der Waals surface area (Å²) < 4.78 is 34.4. The Kier molecular flexibility index (Phi) is 8.91. The van der Waals surface area contributed by atoms with Gasteiger partial charge in [0, 0.05) is 56.2 Å². The number of halogens is 1. The summed E-state index contributed by atoms with van der Waals surface area (Å²) in [6, 6.07) is 12.7. The zero-order valence-corrected chi connectivity index (χ0v) is 28.1. The maximum absolute atomic E-state index is 12.6. The highest BCUT2D eigenvalue weighted by Crippen LogP contribution is 2.38. The second-order valence-corrected chi connectivity index (χ2v) is 15.0. The monoisotopic (exact) mass is 684 g/mol. The van der Waals surface area contributed by atoms with E-state index in [1.54, 1.807) is 25.4 Å². The molecule has 236 valence electrons. The Morgan fingerprint density at radius 3 is 2.36 bits per heavy atom. The summed E-state index contributed by atoms with van der Waals surface area (Å²) in [5.41, 5.74) is 4.17. The van der Waals surface area contributed by atoms with E-state index < -0.39 is 10.0 Å². The third-order valence-electron chi connectivity index (χ3n) is 8.85. The van der Waals surface area contributed by atoms with Gasteiger partial charge in [-0.05, 0) is 86.4 Å². The zero-order valence-electron chi connectivity index (χ0n) is 25.7. The molecule has 2 aromatic carbocycles. The van der Waals surface area contributed by atoms with Crippen molar-refractivity contribution >= 4 is 60.5 Å². The number of rotatable bonds is 11. The van der Waals surface area contributed by atoms with Gasteiger partial charge in [-0.3, -0.25) is 9.62 Å². The maximum atomic E-state index is 12.6. The van der Waals surface area contributed by atoms with Gasteiger partial charge in [0.05, 0.1) is 33.9 Å². The average Bonchev–Trinajstić information content (AvgIpc) is 3.82. The lowest BCUT2D eigenvalue weighted by Crippen LogP contribution is -2.62. The second kappa shape index (κ2) is 12.7. The maximum Gasteiger partial charge on any atom is 0.235 e. The molecule has 11 nitrogen and oxygen atoms in total. The molecule has 0 spiro atoms. The third-order valence-corrected chi connectivity index (χ3v) is 11.3. The third kappa shape index (κ3) is 6.75. The van der Waals surface area contributed by atoms with Crippen molar-refractivity contribution in [1.82, 2.24) is 19.8 Å². The average molecular weight is 686 g/mol. The largest absolute Gasteiger partial charge is 0.494 e. The number of aryl methyl sites for hydroxylation is 1. The SMILES string of the molecule is COc1cc(N2CCC(N3CC(N(C)C)C3)CC2)c(C)cc1Nc1ncc(Br)c(Nc2ccccc2NS(=O)(=O)C2CC2)n1. The van der Waals surface area contributed by atoms with Crippen LogP contribution in [-0.2, 0) is 10.0 Å². The molecule has 0 atom stereocenters. The first kappa shape index (κ1) is 30.9. The van der Waals surface area contributed by atoms with Crippen molar-refractivity contribution in [3.63, 3.8) is 0 Å². The number of anilines is 6. The fourth-order valence-electron chi connectivity index (χ4n) is 5.93. The number of aromatic nitrogens is 2. The lowest BCUT2D eigenvalue weighted by molar-refractivity contribution is 0.0188. The molecule has 3 N–H and O–H groups in total. The Morgan fingerprint density at radius 2 is 1.70 bits per heavy atom. The molecule has 0 unspecified atom stereocenters. The number of hydrogen-bond acceptors (Lipinski definition) is 10. The minimum absolute atomic E-state index is 0.324. The predicted molar refractivity (Wildman–Crippen MR) is 180 cm³/mol. The van der Waals surface area contributed by atoms with E-state index in [0.29, 0.717) is 58.3 Å². The number of hydrogen-bond donors (Lipinski definition) is 3. The topological polar surface area (TPSA) is 115 Å². The first-order valence-corrected chi connectivity index (χ1v) is 17.5. The van der Waals surface area contributed by atoms with Gasteiger partial charge in [-0.15, -0.1) is 0 Å². The Morgan fingerprint density at radius 1 is 1.00 bits per heavy atom. The standard InChI is InChI=1S/C31H41BrN8O3S/c1-20-15-27(29(43-4)16-28(20)39-13-11-21(12-14-39)40-18-22(19-40)38(2)3)35-31-33-17-24(32)30(36-31)34-25-7-5-6-8-26(25)37-44(41,42)23-9-10-23/h5-8,15-17,21-23,37H,9-14,18-19H2,1-4H3,(H2,33,34,35,36). The predicted octanol–water partition coefficient (Wildman–Crippen LogP) is 5.16. The van der Waals surface area contributed by atoms with E-state index in [9.17, 15) is 8.42 Å². The number of likely N-dealkylation sites (tertiary alicyclic amines) is 1. The van der Waals surface area contributed by atoms with E-state index >= 15 is 0 Å². The number of likely N-dealkylation sites (N-methyl/N-ethyl adjacent to an activating group) is 1. The molecule has 1 aromatic heterocycles. The fraction of sp³-hybridized carbons (Fsp3) is 0.484. The number of para-hydroxylation sites is 2. The van der Waals surface area contributed by atoms with Gasteiger partial charge in [-0.2, -0.15) is 4.98 Å². The summed E-state index contributed by atoms with van der Waals surface area (Å²) >= 11 is 3.53. The van der Waals surface area contributed by atoms with Crippen LogP contribution in [0.15, 0.2) is 47.1 Å². The molecule has 3 aromatic rings. The molecule has 13 heteroatoms. The highest BCUT2D eigenvalue weighted by molar-refractivity contribution is 9.10. The van der Waals surface area contributed by atoms with Crippen molar-refractivity contribution in [3.8, 4) is 5.75 Å². The van der Waals surface area contributed by atoms with Gasteiger partial charge in [0.2, 0.25) is 16.0 Å². The number of sulfonamides is 1. The van der Waals surface area contributed by atoms with Gasteiger partial charge in [-0.1, -0.05) is 12.1 Å². The molecule has 3 heterocycles. The summed E-state index contributed by atoms with van der Waals surface area (Å²) in [5, 5.41) is 6.26. The first-order valence-electron chi connectivity index (χ1n) is 15.1. The molecule has 44 heavy (non-hydrogen) atoms. The van der Waals surface area contributed by atoms with Crippen molar-refractivity contribution in [2.75, 3.05) is 67.6 Å². The smallest absolute Gasteiger partial charge is 0.235 e. The summed E-state index contributed by atoms with van der Waals surface area (Å²) in [6.45, 7) is 6.51. The number of piperidine rings is 1. The number of nitrogens with zero attached hydrogens (tertiary/aromatic N) is 5. The molecule has 3 fully saturated rings. The van der Waals surface area contributed by atoms with Crippen molar-refractivity contribution in [2.24, 2.45) is 0 Å². The van der Waals surface area contributed by atoms with Crippen LogP contribution in [0.1, 0.15) is 31.2 Å². The molecular weight excluding hydrogens is 644 g/mol. The van der Waals surface area contributed by atoms with Gasteiger partial charge < -0.3 is 25.2 Å². The molecule has 1 saturated carbocycles. The number of benzene rings is 2. The van der Waals surface area contributed by atoms with Crippen LogP contribution in [0.3, 0.4) is 0 Å². The second-order valence-electron chi connectivity index (χ2n) is 12.2. The van der Waals surface area contributed by atoms with Crippen LogP contribution in [0.25, 0.3) is 0 Å². The van der Waals surface area contributed by atoms with Crippen LogP contribution in [0.4, 0.5) is 34.5 Å². The first-order chi connectivity index (χ1) is 21.1. The van der Waals surface area contributed by atoms with Crippen LogP contribution in [0.2, 0.25) is 0 Å². The van der Waals surface area contributed by atoms with Gasteiger partial charge in [0.25, 0.3) is 0 Å². The van der Waals surface area contributed by atoms with Crippen LogP contribution < -0.4 is 25.0 Å². The Hall–Kier alpha value is -3.13. The van der Waals surface area contributed by atoms with E-state index in [1.165, 1.54) is 18.8 Å². The van der Waals surface area contributed by atoms with E-state index in [1.807, 2.05) is 12.1 Å². The van der Waals surface area contributed by atoms with Gasteiger partial charge in [0.1, 0.15) is 11.6 Å².